The average Bonchev–Trinajstić information content (AvgIpc) is 3.62. The van der Waals surface area contributed by atoms with Crippen LogP contribution in [0, 0.1) is 0 Å². The molecule has 0 spiro atoms. The average molecular weight is 601 g/mol. The van der Waals surface area contributed by atoms with Gasteiger partial charge in [0.05, 0.1) is 12.4 Å². The fraction of sp³-hybridized carbons (Fsp3) is 0.385. The molecule has 16 heteroatoms. The van der Waals surface area contributed by atoms with Gasteiger partial charge in [-0.3, -0.25) is 19.4 Å². The Morgan fingerprint density at radius 3 is 2.33 bits per heavy atom. The second-order valence-corrected chi connectivity index (χ2v) is 9.97. The highest BCUT2D eigenvalue weighted by Gasteiger charge is 2.30. The van der Waals surface area contributed by atoms with E-state index >= 15 is 0 Å². The molecule has 0 saturated carbocycles. The van der Waals surface area contributed by atoms with Crippen molar-refractivity contribution >= 4 is 53.2 Å². The second-order valence-electron chi connectivity index (χ2n) is 9.60. The molecule has 2 aromatic heterocycles. The SMILES string of the molecule is NC(N)=NCCCC(N)C(=O)NC(CS)C(=O)NC(Cc1cnc[nH]1)C(=O)NC(Cc1c[nH]c2ccccc12)C(=O)O. The number of rotatable bonds is 16. The van der Waals surface area contributed by atoms with E-state index in [4.69, 9.17) is 17.2 Å². The molecule has 15 nitrogen and oxygen atoms in total. The number of hydrogen-bond acceptors (Lipinski definition) is 8. The molecule has 0 aliphatic heterocycles. The number of hydrogen-bond donors (Lipinski definition) is 10. The number of aromatic nitrogens is 3. The Hall–Kier alpha value is -4.57. The van der Waals surface area contributed by atoms with Gasteiger partial charge in [-0.1, -0.05) is 18.2 Å². The van der Waals surface area contributed by atoms with Crippen LogP contribution in [0.2, 0.25) is 0 Å². The first-order valence-corrected chi connectivity index (χ1v) is 13.8. The summed E-state index contributed by atoms with van der Waals surface area (Å²) < 4.78 is 0. The largest absolute Gasteiger partial charge is 0.480 e. The molecule has 3 rings (SSSR count). The molecule has 226 valence electrons. The van der Waals surface area contributed by atoms with E-state index in [1.54, 1.807) is 6.20 Å². The van der Waals surface area contributed by atoms with Gasteiger partial charge < -0.3 is 48.2 Å². The van der Waals surface area contributed by atoms with Gasteiger partial charge in [-0.15, -0.1) is 0 Å². The third-order valence-electron chi connectivity index (χ3n) is 6.45. The maximum atomic E-state index is 13.4. The highest BCUT2D eigenvalue weighted by Crippen LogP contribution is 2.19. The molecule has 0 bridgehead atoms. The van der Waals surface area contributed by atoms with Gasteiger partial charge in [0.25, 0.3) is 0 Å². The number of fused-ring (bicyclic) bond motifs is 1. The summed E-state index contributed by atoms with van der Waals surface area (Å²) in [5, 5.41) is 18.4. The zero-order valence-electron chi connectivity index (χ0n) is 22.7. The zero-order valence-corrected chi connectivity index (χ0v) is 23.6. The Morgan fingerprint density at radius 1 is 0.976 bits per heavy atom. The van der Waals surface area contributed by atoms with Crippen molar-refractivity contribution in [2.45, 2.75) is 49.9 Å². The number of nitrogens with two attached hydrogens (primary N) is 3. The summed E-state index contributed by atoms with van der Waals surface area (Å²) >= 11 is 4.17. The lowest BCUT2D eigenvalue weighted by Gasteiger charge is -2.24. The second kappa shape index (κ2) is 15.4. The van der Waals surface area contributed by atoms with Gasteiger partial charge in [-0.25, -0.2) is 9.78 Å². The fourth-order valence-electron chi connectivity index (χ4n) is 4.21. The topological polar surface area (TPSA) is 259 Å². The third kappa shape index (κ3) is 9.24. The maximum absolute atomic E-state index is 13.4. The van der Waals surface area contributed by atoms with Gasteiger partial charge >= 0.3 is 5.97 Å². The number of nitrogens with one attached hydrogen (secondary N) is 5. The molecule has 0 radical (unpaired) electrons. The van der Waals surface area contributed by atoms with Crippen molar-refractivity contribution in [3.05, 3.63) is 54.2 Å². The molecule has 3 aromatic rings. The van der Waals surface area contributed by atoms with Gasteiger partial charge in [-0.05, 0) is 24.5 Å². The van der Waals surface area contributed by atoms with Gasteiger partial charge in [0.2, 0.25) is 17.7 Å². The van der Waals surface area contributed by atoms with Crippen LogP contribution in [0.5, 0.6) is 0 Å². The highest BCUT2D eigenvalue weighted by molar-refractivity contribution is 7.80. The van der Waals surface area contributed by atoms with Gasteiger partial charge in [0, 0.05) is 54.1 Å². The number of benzene rings is 1. The summed E-state index contributed by atoms with van der Waals surface area (Å²) in [6, 6.07) is 2.86. The van der Waals surface area contributed by atoms with Crippen molar-refractivity contribution in [2.24, 2.45) is 22.2 Å². The van der Waals surface area contributed by atoms with Gasteiger partial charge in [0.1, 0.15) is 18.1 Å². The van der Waals surface area contributed by atoms with Crippen LogP contribution < -0.4 is 33.2 Å². The number of amides is 3. The first-order valence-electron chi connectivity index (χ1n) is 13.2. The molecule has 2 heterocycles. The zero-order chi connectivity index (χ0) is 30.6. The lowest BCUT2D eigenvalue weighted by atomic mass is 10.0. The molecule has 12 N–H and O–H groups in total. The Bertz CT molecular complexity index is 1390. The highest BCUT2D eigenvalue weighted by atomic mass is 32.1. The molecule has 4 unspecified atom stereocenters. The quantitative estimate of drug-likeness (QED) is 0.0397. The molecule has 42 heavy (non-hydrogen) atoms. The van der Waals surface area contributed by atoms with Crippen LogP contribution in [0.15, 0.2) is 48.0 Å². The minimum absolute atomic E-state index is 0.00616. The lowest BCUT2D eigenvalue weighted by Crippen LogP contribution is -2.58. The maximum Gasteiger partial charge on any atom is 0.326 e. The van der Waals surface area contributed by atoms with E-state index in [2.05, 4.69) is 48.5 Å². The van der Waals surface area contributed by atoms with E-state index in [0.29, 0.717) is 24.2 Å². The number of thiol groups is 1. The molecule has 3 amide bonds. The number of carboxylic acids is 1. The summed E-state index contributed by atoms with van der Waals surface area (Å²) in [5.41, 5.74) is 18.6. The van der Waals surface area contributed by atoms with Gasteiger partial charge in [-0.2, -0.15) is 12.6 Å². The predicted octanol–water partition coefficient (Wildman–Crippen LogP) is -1.47. The summed E-state index contributed by atoms with van der Waals surface area (Å²) in [6.07, 6.45) is 5.28. The molecule has 0 aliphatic carbocycles. The lowest BCUT2D eigenvalue weighted by molar-refractivity contribution is -0.142. The van der Waals surface area contributed by atoms with E-state index in [9.17, 15) is 24.3 Å². The molecule has 4 atom stereocenters. The van der Waals surface area contributed by atoms with E-state index in [1.807, 2.05) is 24.3 Å². The van der Waals surface area contributed by atoms with E-state index in [0.717, 1.165) is 10.9 Å². The summed E-state index contributed by atoms with van der Waals surface area (Å²) in [5.74, 6) is -3.42. The molecule has 1 aromatic carbocycles. The smallest absolute Gasteiger partial charge is 0.326 e. The number of carbonyl (C=O) groups is 4. The van der Waals surface area contributed by atoms with Gasteiger partial charge in [0.15, 0.2) is 5.96 Å². The third-order valence-corrected chi connectivity index (χ3v) is 6.81. The molecule has 0 fully saturated rings. The minimum atomic E-state index is -1.28. The number of aromatic amines is 2. The number of carbonyl (C=O) groups excluding carboxylic acids is 3. The van der Waals surface area contributed by atoms with Crippen LogP contribution in [-0.4, -0.2) is 86.2 Å². The normalized spacial score (nSPS) is 13.9. The number of aliphatic carboxylic acids is 1. The van der Waals surface area contributed by atoms with Crippen molar-refractivity contribution in [3.63, 3.8) is 0 Å². The monoisotopic (exact) mass is 600 g/mol. The number of imidazole rings is 1. The van der Waals surface area contributed by atoms with E-state index in [1.165, 1.54) is 12.5 Å². The van der Waals surface area contributed by atoms with Crippen molar-refractivity contribution < 1.29 is 24.3 Å². The van der Waals surface area contributed by atoms with Crippen molar-refractivity contribution in [1.82, 2.24) is 30.9 Å². The Kier molecular flexibility index (Phi) is 11.7. The van der Waals surface area contributed by atoms with Crippen molar-refractivity contribution in [2.75, 3.05) is 12.3 Å². The molecule has 0 saturated heterocycles. The number of carboxylic acid groups (broad SMARTS) is 1. The van der Waals surface area contributed by atoms with Crippen LogP contribution in [0.4, 0.5) is 0 Å². The van der Waals surface area contributed by atoms with E-state index < -0.39 is 47.9 Å². The summed E-state index contributed by atoms with van der Waals surface area (Å²) in [4.78, 5) is 64.9. The Morgan fingerprint density at radius 2 is 1.67 bits per heavy atom. The van der Waals surface area contributed by atoms with Crippen LogP contribution in [0.3, 0.4) is 0 Å². The number of H-pyrrole nitrogens is 2. The Balaban J connectivity index is 1.68. The van der Waals surface area contributed by atoms with Crippen LogP contribution >= 0.6 is 12.6 Å². The van der Waals surface area contributed by atoms with Crippen LogP contribution in [0.1, 0.15) is 24.1 Å². The summed E-state index contributed by atoms with van der Waals surface area (Å²) in [7, 11) is 0. The van der Waals surface area contributed by atoms with Crippen LogP contribution in [0.25, 0.3) is 10.9 Å². The minimum Gasteiger partial charge on any atom is -0.480 e. The molecular formula is C26H36N10O5S. The fourth-order valence-corrected chi connectivity index (χ4v) is 4.47. The Labute approximate surface area is 246 Å². The van der Waals surface area contributed by atoms with Crippen molar-refractivity contribution in [3.8, 4) is 0 Å². The molecule has 0 aliphatic rings. The standard InChI is InChI=1S/C26H36N10O5S/c27-17(5-3-7-31-26(28)29)22(37)36-21(12-42)24(39)34-19(9-15-11-30-13-33-15)23(38)35-20(25(40)41)8-14-10-32-18-6-2-1-4-16(14)18/h1-2,4,6,10-11,13,17,19-21,32,42H,3,5,7-9,12,27H2,(H,30,33)(H,34,39)(H,35,38)(H,36,37)(H,40,41)(H4,28,29,31). The number of guanidine groups is 1. The van der Waals surface area contributed by atoms with E-state index in [-0.39, 0.29) is 31.0 Å². The first-order chi connectivity index (χ1) is 20.1. The molecular weight excluding hydrogens is 564 g/mol. The number of para-hydroxylation sites is 1. The summed E-state index contributed by atoms with van der Waals surface area (Å²) in [6.45, 7) is 0.293. The first kappa shape index (κ1) is 32.0. The number of aliphatic imine (C=N–C) groups is 1. The number of nitrogens with zero attached hydrogens (tertiary/aromatic N) is 2. The van der Waals surface area contributed by atoms with Crippen molar-refractivity contribution in [1.29, 1.82) is 0 Å². The van der Waals surface area contributed by atoms with Crippen LogP contribution in [-0.2, 0) is 32.0 Å². The predicted molar refractivity (Wildman–Crippen MR) is 159 cm³/mol.